The number of nitrogens with zero attached hydrogens (tertiary/aromatic N) is 2. The van der Waals surface area contributed by atoms with Gasteiger partial charge in [-0.1, -0.05) is 13.8 Å². The summed E-state index contributed by atoms with van der Waals surface area (Å²) in [5.41, 5.74) is 5.86. The summed E-state index contributed by atoms with van der Waals surface area (Å²) in [7, 11) is 0. The number of carbonyl (C=O) groups is 1. The second-order valence-electron chi connectivity index (χ2n) is 9.28. The second-order valence-corrected chi connectivity index (χ2v) is 9.28. The highest BCUT2D eigenvalue weighted by Gasteiger charge is 2.35. The minimum atomic E-state index is -1.48. The van der Waals surface area contributed by atoms with Crippen LogP contribution in [0.25, 0.3) is 22.3 Å². The van der Waals surface area contributed by atoms with Gasteiger partial charge in [-0.15, -0.1) is 0 Å². The topological polar surface area (TPSA) is 124 Å². The van der Waals surface area contributed by atoms with Crippen LogP contribution in [0.1, 0.15) is 59.8 Å². The van der Waals surface area contributed by atoms with E-state index in [2.05, 4.69) is 5.32 Å². The molecule has 4 aliphatic rings. The molecule has 190 valence electrons. The molecule has 0 bridgehead atoms. The van der Waals surface area contributed by atoms with Gasteiger partial charge in [-0.2, -0.15) is 0 Å². The average Bonchev–Trinajstić information content (AvgIpc) is 3.67. The van der Waals surface area contributed by atoms with Crippen molar-refractivity contribution in [2.45, 2.75) is 65.3 Å². The summed E-state index contributed by atoms with van der Waals surface area (Å²) in [5, 5.41) is 22.3. The fraction of sp³-hybridized carbons (Fsp3) is 0.444. The Balaban J connectivity index is 0.000000337. The zero-order valence-corrected chi connectivity index (χ0v) is 20.7. The predicted octanol–water partition coefficient (Wildman–Crippen LogP) is 2.43. The van der Waals surface area contributed by atoms with Crippen molar-refractivity contribution < 1.29 is 24.1 Å². The lowest BCUT2D eigenvalue weighted by molar-refractivity contribution is -0.157. The Morgan fingerprint density at radius 3 is 2.56 bits per heavy atom. The van der Waals surface area contributed by atoms with Gasteiger partial charge in [-0.3, -0.25) is 4.79 Å². The lowest BCUT2D eigenvalue weighted by Crippen LogP contribution is -2.32. The molecule has 0 spiro atoms. The van der Waals surface area contributed by atoms with Crippen LogP contribution < -0.4 is 10.9 Å². The number of halogens is 1. The van der Waals surface area contributed by atoms with Gasteiger partial charge in [0.15, 0.2) is 6.10 Å². The SMILES string of the molecule is CC.Cc1c(F)cc2nc3c(c4c2c1CCC4)Cn1c-3cc2c(c1=O)COC(=O)C2O.OCC1CN1. The summed E-state index contributed by atoms with van der Waals surface area (Å²) in [4.78, 5) is 29.6. The fourth-order valence-corrected chi connectivity index (χ4v) is 5.28. The first-order valence-electron chi connectivity index (χ1n) is 12.5. The first kappa shape index (κ1) is 24.5. The number of aryl methyl sites for hydroxylation is 2. The lowest BCUT2D eigenvalue weighted by atomic mass is 9.85. The Hall–Kier alpha value is -3.14. The highest BCUT2D eigenvalue weighted by atomic mass is 19.1. The standard InChI is InChI=1S/C22H17FN2O4.C3H7NO.C2H6/c1-9-10-3-2-4-11-13-7-25-17(19(13)24-16(18(10)11)6-15(9)23)5-12-14(21(25)27)8-29-22(28)20(12)26;5-2-3-1-4-3;1-2/h5-6,20,26H,2-4,7-8H2,1H3;3-5H,1-2H2;1-2H3. The zero-order valence-electron chi connectivity index (χ0n) is 20.7. The van der Waals surface area contributed by atoms with Gasteiger partial charge in [-0.05, 0) is 48.9 Å². The number of fused-ring (bicyclic) bond motifs is 5. The Morgan fingerprint density at radius 2 is 1.89 bits per heavy atom. The third-order valence-electron chi connectivity index (χ3n) is 7.25. The van der Waals surface area contributed by atoms with E-state index in [-0.39, 0.29) is 23.5 Å². The molecule has 2 aromatic heterocycles. The van der Waals surface area contributed by atoms with Crippen molar-refractivity contribution in [3.05, 3.63) is 61.7 Å². The van der Waals surface area contributed by atoms with Crippen molar-refractivity contribution in [2.24, 2.45) is 0 Å². The van der Waals surface area contributed by atoms with E-state index in [1.165, 1.54) is 6.07 Å². The quantitative estimate of drug-likeness (QED) is 0.274. The molecule has 1 saturated heterocycles. The third kappa shape index (κ3) is 3.82. The van der Waals surface area contributed by atoms with Gasteiger partial charge < -0.3 is 24.8 Å². The maximum absolute atomic E-state index is 14.5. The molecule has 3 aromatic rings. The van der Waals surface area contributed by atoms with E-state index in [4.69, 9.17) is 14.8 Å². The fourth-order valence-electron chi connectivity index (χ4n) is 5.28. The van der Waals surface area contributed by atoms with Crippen LogP contribution in [0.5, 0.6) is 0 Å². The molecule has 2 atom stereocenters. The van der Waals surface area contributed by atoms with Crippen LogP contribution in [0, 0.1) is 12.7 Å². The first-order chi connectivity index (χ1) is 17.4. The number of rotatable bonds is 1. The molecule has 7 rings (SSSR count). The zero-order chi connectivity index (χ0) is 25.7. The van der Waals surface area contributed by atoms with Gasteiger partial charge in [0.05, 0.1) is 35.6 Å². The molecule has 1 fully saturated rings. The van der Waals surface area contributed by atoms with E-state index >= 15 is 0 Å². The number of hydrogen-bond acceptors (Lipinski definition) is 7. The molecule has 0 saturated carbocycles. The maximum Gasteiger partial charge on any atom is 0.340 e. The van der Waals surface area contributed by atoms with Crippen molar-refractivity contribution in [1.82, 2.24) is 14.9 Å². The number of hydrogen-bond donors (Lipinski definition) is 3. The monoisotopic (exact) mass is 495 g/mol. The second kappa shape index (κ2) is 9.38. The predicted molar refractivity (Wildman–Crippen MR) is 132 cm³/mol. The summed E-state index contributed by atoms with van der Waals surface area (Å²) in [6, 6.07) is 3.57. The van der Waals surface area contributed by atoms with Crippen LogP contribution in [0.15, 0.2) is 16.9 Å². The van der Waals surface area contributed by atoms with Crippen LogP contribution in [0.4, 0.5) is 4.39 Å². The van der Waals surface area contributed by atoms with Gasteiger partial charge in [0.2, 0.25) is 0 Å². The van der Waals surface area contributed by atoms with E-state index < -0.39 is 12.1 Å². The summed E-state index contributed by atoms with van der Waals surface area (Å²) < 4.78 is 21.1. The molecule has 8 nitrogen and oxygen atoms in total. The molecule has 36 heavy (non-hydrogen) atoms. The number of aromatic nitrogens is 2. The molecule has 3 N–H and O–H groups in total. The van der Waals surface area contributed by atoms with Crippen molar-refractivity contribution in [3.8, 4) is 11.4 Å². The first-order valence-corrected chi connectivity index (χ1v) is 12.5. The lowest BCUT2D eigenvalue weighted by Gasteiger charge is -2.22. The van der Waals surface area contributed by atoms with E-state index in [0.717, 1.165) is 47.9 Å². The van der Waals surface area contributed by atoms with E-state index in [1.807, 2.05) is 13.8 Å². The highest BCUT2D eigenvalue weighted by Crippen LogP contribution is 2.41. The average molecular weight is 496 g/mol. The van der Waals surface area contributed by atoms with Gasteiger partial charge in [0, 0.05) is 35.2 Å². The van der Waals surface area contributed by atoms with Crippen LogP contribution >= 0.6 is 0 Å². The summed E-state index contributed by atoms with van der Waals surface area (Å²) in [6.07, 6.45) is 1.12. The molecule has 3 aliphatic heterocycles. The molecular weight excluding hydrogens is 465 g/mol. The number of ether oxygens (including phenoxy) is 1. The number of aliphatic hydroxyl groups excluding tert-OH is 2. The number of nitrogens with one attached hydrogen (secondary N) is 1. The number of carbonyl (C=O) groups excluding carboxylic acids is 1. The molecular formula is C27H30FN3O5. The minimum absolute atomic E-state index is 0.141. The summed E-state index contributed by atoms with van der Waals surface area (Å²) in [6.45, 7) is 7.36. The van der Waals surface area contributed by atoms with Gasteiger partial charge in [0.1, 0.15) is 12.4 Å². The van der Waals surface area contributed by atoms with E-state index in [9.17, 15) is 19.1 Å². The van der Waals surface area contributed by atoms with Gasteiger partial charge in [0.25, 0.3) is 5.56 Å². The largest absolute Gasteiger partial charge is 0.458 e. The number of cyclic esters (lactones) is 1. The van der Waals surface area contributed by atoms with Crippen molar-refractivity contribution in [2.75, 3.05) is 13.2 Å². The number of benzene rings is 1. The van der Waals surface area contributed by atoms with E-state index in [0.29, 0.717) is 47.2 Å². The highest BCUT2D eigenvalue weighted by molar-refractivity contribution is 5.92. The molecule has 0 radical (unpaired) electrons. The number of esters is 1. The smallest absolute Gasteiger partial charge is 0.340 e. The number of aliphatic hydroxyl groups is 2. The van der Waals surface area contributed by atoms with Crippen molar-refractivity contribution in [3.63, 3.8) is 0 Å². The van der Waals surface area contributed by atoms with E-state index in [1.54, 1.807) is 17.6 Å². The maximum atomic E-state index is 14.5. The summed E-state index contributed by atoms with van der Waals surface area (Å²) >= 11 is 0. The molecule has 9 heteroatoms. The van der Waals surface area contributed by atoms with Gasteiger partial charge in [-0.25, -0.2) is 14.2 Å². The third-order valence-corrected chi connectivity index (χ3v) is 7.25. The normalized spacial score (nSPS) is 20.2. The van der Waals surface area contributed by atoms with Crippen LogP contribution in [-0.4, -0.2) is 44.9 Å². The minimum Gasteiger partial charge on any atom is -0.458 e. The van der Waals surface area contributed by atoms with Crippen LogP contribution in [0.3, 0.4) is 0 Å². The van der Waals surface area contributed by atoms with Gasteiger partial charge >= 0.3 is 5.97 Å². The van der Waals surface area contributed by atoms with Crippen LogP contribution in [-0.2, 0) is 35.5 Å². The molecule has 0 amide bonds. The molecule has 1 aliphatic carbocycles. The Morgan fingerprint density at radius 1 is 1.17 bits per heavy atom. The number of pyridine rings is 2. The van der Waals surface area contributed by atoms with Crippen molar-refractivity contribution in [1.29, 1.82) is 0 Å². The molecule has 5 heterocycles. The Bertz CT molecular complexity index is 1440. The Kier molecular flexibility index (Phi) is 6.40. The molecule has 1 aromatic carbocycles. The summed E-state index contributed by atoms with van der Waals surface area (Å²) in [5.74, 6) is -1.03. The van der Waals surface area contributed by atoms with Crippen molar-refractivity contribution >= 4 is 16.9 Å². The molecule has 2 unspecified atom stereocenters. The van der Waals surface area contributed by atoms with Crippen LogP contribution in [0.2, 0.25) is 0 Å². The Labute approximate surface area is 207 Å².